The molecule has 0 aliphatic carbocycles. The molecular weight excluding hydrogens is 425 g/mol. The second-order valence-electron chi connectivity index (χ2n) is 9.62. The number of nitrogens with zero attached hydrogens (tertiary/aromatic N) is 2. The summed E-state index contributed by atoms with van der Waals surface area (Å²) in [5, 5.41) is 19.9. The molecule has 0 radical (unpaired) electrons. The fourth-order valence-corrected chi connectivity index (χ4v) is 4.10. The van der Waals surface area contributed by atoms with Crippen LogP contribution < -0.4 is 4.74 Å². The van der Waals surface area contributed by atoms with Gasteiger partial charge in [0, 0.05) is 17.2 Å². The van der Waals surface area contributed by atoms with Crippen molar-refractivity contribution in [3.63, 3.8) is 0 Å². The number of aromatic nitrogens is 2. The van der Waals surface area contributed by atoms with Gasteiger partial charge in [0.15, 0.2) is 0 Å². The number of carboxylic acid groups (broad SMARTS) is 1. The second-order valence-corrected chi connectivity index (χ2v) is 9.62. The van der Waals surface area contributed by atoms with Crippen LogP contribution >= 0.6 is 0 Å². The van der Waals surface area contributed by atoms with Crippen LogP contribution in [-0.2, 0) is 5.54 Å². The van der Waals surface area contributed by atoms with Crippen molar-refractivity contribution in [3.05, 3.63) is 36.0 Å². The minimum Gasteiger partial charge on any atom is -0.493 e. The fraction of sp³-hybridized carbons (Fsp3) is 0.600. The van der Waals surface area contributed by atoms with Crippen LogP contribution in [-0.4, -0.2) is 49.9 Å². The Morgan fingerprint density at radius 2 is 1.82 bits per heavy atom. The van der Waals surface area contributed by atoms with E-state index in [0.717, 1.165) is 17.7 Å². The molecule has 2 aromatic rings. The number of H-pyrrole nitrogens is 1. The number of imidazole rings is 1. The summed E-state index contributed by atoms with van der Waals surface area (Å²) in [6, 6.07) is 4.66. The molecule has 0 aliphatic heterocycles. The van der Waals surface area contributed by atoms with E-state index in [4.69, 9.17) is 4.74 Å². The van der Waals surface area contributed by atoms with E-state index in [1.165, 1.54) is 37.9 Å². The number of nitrogens with one attached hydrogen (secondary N) is 1. The minimum atomic E-state index is -1.33. The topological polar surface area (TPSA) is 98.7 Å². The number of halogens is 1. The lowest BCUT2D eigenvalue weighted by molar-refractivity contribution is -0.0135. The van der Waals surface area contributed by atoms with Gasteiger partial charge in [-0.2, -0.15) is 0 Å². The Balaban J connectivity index is 2.13. The average molecular weight is 464 g/mol. The molecule has 1 aromatic heterocycles. The van der Waals surface area contributed by atoms with Crippen LogP contribution in [0.15, 0.2) is 24.4 Å². The average Bonchev–Trinajstić information content (AvgIpc) is 3.22. The van der Waals surface area contributed by atoms with Crippen molar-refractivity contribution < 1.29 is 24.1 Å². The molecule has 1 aromatic carbocycles. The lowest BCUT2D eigenvalue weighted by atomic mass is 9.93. The van der Waals surface area contributed by atoms with Gasteiger partial charge in [0.25, 0.3) is 0 Å². The first kappa shape index (κ1) is 26.6. The second kappa shape index (κ2) is 11.5. The molecule has 0 spiro atoms. The zero-order chi connectivity index (χ0) is 24.6. The van der Waals surface area contributed by atoms with Crippen LogP contribution in [0.5, 0.6) is 5.75 Å². The first-order valence-electron chi connectivity index (χ1n) is 11.7. The lowest BCUT2D eigenvalue weighted by Crippen LogP contribution is -2.58. The number of unbranched alkanes of at least 4 members (excludes halogenated alkanes) is 5. The van der Waals surface area contributed by atoms with Gasteiger partial charge in [-0.3, -0.25) is 4.90 Å². The van der Waals surface area contributed by atoms with Gasteiger partial charge in [-0.15, -0.1) is 0 Å². The zero-order valence-corrected chi connectivity index (χ0v) is 20.4. The van der Waals surface area contributed by atoms with E-state index < -0.39 is 29.6 Å². The maximum atomic E-state index is 14.8. The highest BCUT2D eigenvalue weighted by atomic mass is 19.1. The van der Waals surface area contributed by atoms with Gasteiger partial charge < -0.3 is 19.9 Å². The summed E-state index contributed by atoms with van der Waals surface area (Å²) >= 11 is 0. The minimum absolute atomic E-state index is 0.236. The van der Waals surface area contributed by atoms with Crippen molar-refractivity contribution in [2.45, 2.75) is 84.2 Å². The highest BCUT2D eigenvalue weighted by Crippen LogP contribution is 2.34. The van der Waals surface area contributed by atoms with Crippen LogP contribution in [0.4, 0.5) is 9.18 Å². The predicted molar refractivity (Wildman–Crippen MR) is 127 cm³/mol. The molecule has 2 rings (SSSR count). The van der Waals surface area contributed by atoms with Crippen LogP contribution in [0.2, 0.25) is 0 Å². The summed E-state index contributed by atoms with van der Waals surface area (Å²) < 4.78 is 20.5. The first-order chi connectivity index (χ1) is 15.5. The number of amides is 1. The van der Waals surface area contributed by atoms with Gasteiger partial charge in [0.2, 0.25) is 0 Å². The number of aliphatic hydroxyl groups excluding tert-OH is 1. The summed E-state index contributed by atoms with van der Waals surface area (Å²) in [5.41, 5.74) is -1.45. The SMILES string of the molecule is CCCCCCCCOc1ccc(-c2cnc([C@](C)(CO)N(C(=O)O)C(C)(C)C)[nH]2)c(F)c1. The van der Waals surface area contributed by atoms with E-state index in [-0.39, 0.29) is 5.82 Å². The normalized spacial score (nSPS) is 13.5. The van der Waals surface area contributed by atoms with E-state index in [1.54, 1.807) is 39.8 Å². The van der Waals surface area contributed by atoms with Crippen molar-refractivity contribution in [3.8, 4) is 17.0 Å². The van der Waals surface area contributed by atoms with Gasteiger partial charge in [-0.25, -0.2) is 14.2 Å². The monoisotopic (exact) mass is 463 g/mol. The molecule has 1 atom stereocenters. The fourth-order valence-electron chi connectivity index (χ4n) is 4.10. The largest absolute Gasteiger partial charge is 0.493 e. The van der Waals surface area contributed by atoms with Crippen molar-refractivity contribution >= 4 is 6.09 Å². The Labute approximate surface area is 196 Å². The van der Waals surface area contributed by atoms with Gasteiger partial charge in [-0.1, -0.05) is 39.0 Å². The van der Waals surface area contributed by atoms with Gasteiger partial charge in [-0.05, 0) is 46.2 Å². The van der Waals surface area contributed by atoms with Crippen LogP contribution in [0.1, 0.15) is 79.0 Å². The van der Waals surface area contributed by atoms with E-state index in [9.17, 15) is 19.4 Å². The van der Waals surface area contributed by atoms with Crippen molar-refractivity contribution in [2.24, 2.45) is 0 Å². The zero-order valence-electron chi connectivity index (χ0n) is 20.4. The molecule has 1 heterocycles. The van der Waals surface area contributed by atoms with Crippen molar-refractivity contribution in [1.82, 2.24) is 14.9 Å². The molecule has 3 N–H and O–H groups in total. The van der Waals surface area contributed by atoms with Gasteiger partial charge >= 0.3 is 6.09 Å². The Bertz CT molecular complexity index is 909. The van der Waals surface area contributed by atoms with E-state index in [2.05, 4.69) is 16.9 Å². The van der Waals surface area contributed by atoms with Crippen LogP contribution in [0.25, 0.3) is 11.3 Å². The van der Waals surface area contributed by atoms with E-state index in [0.29, 0.717) is 23.6 Å². The van der Waals surface area contributed by atoms with E-state index in [1.807, 2.05) is 0 Å². The third-order valence-corrected chi connectivity index (χ3v) is 5.75. The smallest absolute Gasteiger partial charge is 0.408 e. The molecule has 33 heavy (non-hydrogen) atoms. The predicted octanol–water partition coefficient (Wildman–Crippen LogP) is 5.94. The number of ether oxygens (including phenoxy) is 1. The number of rotatable bonds is 12. The standard InChI is InChI=1S/C25H38FN3O4/c1-6-7-8-9-10-11-14-33-18-12-13-19(20(26)15-18)21-16-27-22(28-21)25(5,17-30)29(23(31)32)24(2,3)4/h12-13,15-16,30H,6-11,14,17H2,1-5H3,(H,27,28)(H,31,32)/t25-/m0/s1. The number of carbonyl (C=O) groups is 1. The summed E-state index contributed by atoms with van der Waals surface area (Å²) in [5.74, 6) is 0.233. The number of hydrogen-bond donors (Lipinski definition) is 3. The Kier molecular flexibility index (Phi) is 9.28. The number of aromatic amines is 1. The van der Waals surface area contributed by atoms with Crippen LogP contribution in [0.3, 0.4) is 0 Å². The number of hydrogen-bond acceptors (Lipinski definition) is 4. The van der Waals surface area contributed by atoms with Gasteiger partial charge in [0.05, 0.1) is 25.1 Å². The summed E-state index contributed by atoms with van der Waals surface area (Å²) in [6.45, 7) is 9.05. The molecule has 184 valence electrons. The molecule has 0 saturated carbocycles. The van der Waals surface area contributed by atoms with E-state index >= 15 is 0 Å². The summed E-state index contributed by atoms with van der Waals surface area (Å²) in [4.78, 5) is 20.4. The molecule has 0 saturated heterocycles. The number of benzene rings is 1. The highest BCUT2D eigenvalue weighted by Gasteiger charge is 2.45. The molecule has 8 heteroatoms. The molecule has 0 unspecified atom stereocenters. The number of aliphatic hydroxyl groups is 1. The van der Waals surface area contributed by atoms with Crippen molar-refractivity contribution in [2.75, 3.05) is 13.2 Å². The summed E-state index contributed by atoms with van der Waals surface area (Å²) in [6.07, 6.45) is 7.19. The highest BCUT2D eigenvalue weighted by molar-refractivity contribution is 5.68. The molecule has 7 nitrogen and oxygen atoms in total. The molecule has 0 aliphatic rings. The van der Waals surface area contributed by atoms with Gasteiger partial charge in [0.1, 0.15) is 22.9 Å². The molecular formula is C25H38FN3O4. The lowest BCUT2D eigenvalue weighted by Gasteiger charge is -2.45. The Morgan fingerprint density at radius 1 is 1.15 bits per heavy atom. The molecule has 0 bridgehead atoms. The van der Waals surface area contributed by atoms with Crippen LogP contribution in [0, 0.1) is 5.82 Å². The Morgan fingerprint density at radius 3 is 2.39 bits per heavy atom. The quantitative estimate of drug-likeness (QED) is 0.338. The summed E-state index contributed by atoms with van der Waals surface area (Å²) in [7, 11) is 0. The maximum absolute atomic E-state index is 14.8. The van der Waals surface area contributed by atoms with Crippen molar-refractivity contribution in [1.29, 1.82) is 0 Å². The third-order valence-electron chi connectivity index (χ3n) is 5.75. The Hall–Kier alpha value is -2.61. The maximum Gasteiger partial charge on any atom is 0.408 e. The molecule has 1 amide bonds. The molecule has 0 fully saturated rings. The first-order valence-corrected chi connectivity index (χ1v) is 11.7. The third kappa shape index (κ3) is 6.69.